The molecule has 0 aliphatic carbocycles. The minimum absolute atomic E-state index is 0.0314. The molecule has 0 aromatic rings. The second-order valence-corrected chi connectivity index (χ2v) is 6.08. The Balaban J connectivity index is 1.95. The number of carbonyl (C=O) groups is 1. The van der Waals surface area contributed by atoms with Gasteiger partial charge in [-0.15, -0.1) is 0 Å². The standard InChI is InChI=1S/C14H24N2O4S/c15-12(21)14(3-8-19-9-4-14)13(18)16-5-1-11(2-6-16)20-10-7-17/h11,17H,1-10H2,(H2,15,21). The first-order chi connectivity index (χ1) is 10.1. The lowest BCUT2D eigenvalue weighted by Crippen LogP contribution is -2.55. The quantitative estimate of drug-likeness (QED) is 0.698. The van der Waals surface area contributed by atoms with Gasteiger partial charge in [0.15, 0.2) is 0 Å². The van der Waals surface area contributed by atoms with Gasteiger partial charge in [0.05, 0.1) is 24.3 Å². The average molecular weight is 316 g/mol. The van der Waals surface area contributed by atoms with Crippen molar-refractivity contribution in [3.8, 4) is 0 Å². The van der Waals surface area contributed by atoms with Crippen LogP contribution in [0.1, 0.15) is 25.7 Å². The second-order valence-electron chi connectivity index (χ2n) is 5.64. The Kier molecular flexibility index (Phi) is 5.92. The number of rotatable bonds is 5. The molecule has 0 radical (unpaired) electrons. The lowest BCUT2D eigenvalue weighted by atomic mass is 9.78. The lowest BCUT2D eigenvalue weighted by Gasteiger charge is -2.41. The maximum absolute atomic E-state index is 12.9. The summed E-state index contributed by atoms with van der Waals surface area (Å²) in [6.07, 6.45) is 2.84. The van der Waals surface area contributed by atoms with E-state index < -0.39 is 5.41 Å². The summed E-state index contributed by atoms with van der Waals surface area (Å²) in [7, 11) is 0. The van der Waals surface area contributed by atoms with Crippen molar-refractivity contribution in [2.45, 2.75) is 31.8 Å². The van der Waals surface area contributed by atoms with Crippen LogP contribution in [0.15, 0.2) is 0 Å². The molecule has 2 heterocycles. The molecule has 7 heteroatoms. The van der Waals surface area contributed by atoms with Crippen molar-refractivity contribution in [2.75, 3.05) is 39.5 Å². The van der Waals surface area contributed by atoms with Crippen LogP contribution in [-0.4, -0.2) is 66.5 Å². The fourth-order valence-corrected chi connectivity index (χ4v) is 3.32. The van der Waals surface area contributed by atoms with E-state index in [-0.39, 0.29) is 23.6 Å². The molecule has 1 amide bonds. The number of ether oxygens (including phenoxy) is 2. The summed E-state index contributed by atoms with van der Waals surface area (Å²) >= 11 is 5.18. The summed E-state index contributed by atoms with van der Waals surface area (Å²) in [6, 6.07) is 0. The second kappa shape index (κ2) is 7.49. The van der Waals surface area contributed by atoms with Gasteiger partial charge in [-0.2, -0.15) is 0 Å². The first kappa shape index (κ1) is 16.6. The molecule has 21 heavy (non-hydrogen) atoms. The van der Waals surface area contributed by atoms with Gasteiger partial charge < -0.3 is 25.2 Å². The number of piperidine rings is 1. The molecule has 0 saturated carbocycles. The minimum atomic E-state index is -0.730. The molecule has 0 bridgehead atoms. The fraction of sp³-hybridized carbons (Fsp3) is 0.857. The zero-order valence-corrected chi connectivity index (χ0v) is 13.1. The molecule has 120 valence electrons. The van der Waals surface area contributed by atoms with Gasteiger partial charge in [0, 0.05) is 26.3 Å². The van der Waals surface area contributed by atoms with E-state index in [1.807, 2.05) is 4.90 Å². The van der Waals surface area contributed by atoms with Crippen LogP contribution in [0, 0.1) is 5.41 Å². The van der Waals surface area contributed by atoms with E-state index in [1.54, 1.807) is 0 Å². The van der Waals surface area contributed by atoms with Gasteiger partial charge in [0.1, 0.15) is 5.41 Å². The molecular weight excluding hydrogens is 292 g/mol. The van der Waals surface area contributed by atoms with Crippen LogP contribution in [0.3, 0.4) is 0 Å². The SMILES string of the molecule is NC(=S)C1(C(=O)N2CCC(OCCO)CC2)CCOCC1. The molecule has 2 fully saturated rings. The third-order valence-electron chi connectivity index (χ3n) is 4.40. The molecular formula is C14H24N2O4S. The lowest BCUT2D eigenvalue weighted by molar-refractivity contribution is -0.145. The highest BCUT2D eigenvalue weighted by molar-refractivity contribution is 7.80. The van der Waals surface area contributed by atoms with E-state index in [0.717, 1.165) is 12.8 Å². The highest BCUT2D eigenvalue weighted by atomic mass is 32.1. The summed E-state index contributed by atoms with van der Waals surface area (Å²) in [5.74, 6) is 0.0407. The van der Waals surface area contributed by atoms with Gasteiger partial charge in [-0.1, -0.05) is 12.2 Å². The van der Waals surface area contributed by atoms with E-state index in [1.165, 1.54) is 0 Å². The maximum atomic E-state index is 12.9. The number of hydrogen-bond donors (Lipinski definition) is 2. The summed E-state index contributed by atoms with van der Waals surface area (Å²) in [5, 5.41) is 8.77. The van der Waals surface area contributed by atoms with E-state index >= 15 is 0 Å². The molecule has 0 aromatic heterocycles. The number of aliphatic hydroxyl groups excluding tert-OH is 1. The molecule has 2 aliphatic heterocycles. The average Bonchev–Trinajstić information content (AvgIpc) is 2.53. The molecule has 2 rings (SSSR count). The predicted molar refractivity (Wildman–Crippen MR) is 81.9 cm³/mol. The molecule has 2 aliphatic rings. The number of carbonyl (C=O) groups excluding carboxylic acids is 1. The Bertz CT molecular complexity index is 377. The number of amides is 1. The number of nitrogens with two attached hydrogens (primary N) is 1. The van der Waals surface area contributed by atoms with Crippen molar-refractivity contribution in [3.05, 3.63) is 0 Å². The topological polar surface area (TPSA) is 85.0 Å². The van der Waals surface area contributed by atoms with Gasteiger partial charge >= 0.3 is 0 Å². The highest BCUT2D eigenvalue weighted by Gasteiger charge is 2.45. The van der Waals surface area contributed by atoms with Crippen molar-refractivity contribution < 1.29 is 19.4 Å². The smallest absolute Gasteiger partial charge is 0.235 e. The van der Waals surface area contributed by atoms with E-state index in [4.69, 9.17) is 32.5 Å². The van der Waals surface area contributed by atoms with Gasteiger partial charge in [0.25, 0.3) is 0 Å². The monoisotopic (exact) mass is 316 g/mol. The Labute approximate surface area is 130 Å². The summed E-state index contributed by atoms with van der Waals surface area (Å²) in [4.78, 5) is 15.0. The molecule has 0 atom stereocenters. The van der Waals surface area contributed by atoms with Crippen molar-refractivity contribution in [1.82, 2.24) is 4.90 Å². The first-order valence-electron chi connectivity index (χ1n) is 7.49. The summed E-state index contributed by atoms with van der Waals surface area (Å²) < 4.78 is 10.9. The van der Waals surface area contributed by atoms with Crippen LogP contribution in [0.4, 0.5) is 0 Å². The fourth-order valence-electron chi connectivity index (χ4n) is 3.03. The Hall–Kier alpha value is -0.760. The van der Waals surface area contributed by atoms with Gasteiger partial charge in [-0.3, -0.25) is 4.79 Å². The van der Waals surface area contributed by atoms with Gasteiger partial charge in [0.2, 0.25) is 5.91 Å². The van der Waals surface area contributed by atoms with E-state index in [9.17, 15) is 4.79 Å². The van der Waals surface area contributed by atoms with Crippen LogP contribution in [0.5, 0.6) is 0 Å². The molecule has 0 unspecified atom stereocenters. The van der Waals surface area contributed by atoms with Gasteiger partial charge in [-0.05, 0) is 25.7 Å². The molecule has 0 aromatic carbocycles. The number of thiocarbonyl (C=S) groups is 1. The Morgan fingerprint density at radius 1 is 1.38 bits per heavy atom. The number of aliphatic hydroxyl groups is 1. The van der Waals surface area contributed by atoms with Crippen LogP contribution >= 0.6 is 12.2 Å². The molecule has 6 nitrogen and oxygen atoms in total. The number of likely N-dealkylation sites (tertiary alicyclic amines) is 1. The largest absolute Gasteiger partial charge is 0.394 e. The van der Waals surface area contributed by atoms with E-state index in [2.05, 4.69) is 0 Å². The number of nitrogens with zero attached hydrogens (tertiary/aromatic N) is 1. The van der Waals surface area contributed by atoms with Crippen LogP contribution in [0.25, 0.3) is 0 Å². The van der Waals surface area contributed by atoms with Crippen LogP contribution in [0.2, 0.25) is 0 Å². The predicted octanol–water partition coefficient (Wildman–Crippen LogP) is 0.0692. The summed E-state index contributed by atoms with van der Waals surface area (Å²) in [5.41, 5.74) is 5.15. The highest BCUT2D eigenvalue weighted by Crippen LogP contribution is 2.34. The zero-order valence-electron chi connectivity index (χ0n) is 12.3. The van der Waals surface area contributed by atoms with Crippen molar-refractivity contribution in [1.29, 1.82) is 0 Å². The molecule has 2 saturated heterocycles. The van der Waals surface area contributed by atoms with Crippen molar-refractivity contribution >= 4 is 23.1 Å². The van der Waals surface area contributed by atoms with Crippen LogP contribution < -0.4 is 5.73 Å². The van der Waals surface area contributed by atoms with Crippen molar-refractivity contribution in [2.24, 2.45) is 11.1 Å². The Morgan fingerprint density at radius 2 is 2.00 bits per heavy atom. The molecule has 0 spiro atoms. The van der Waals surface area contributed by atoms with Gasteiger partial charge in [-0.25, -0.2) is 0 Å². The minimum Gasteiger partial charge on any atom is -0.394 e. The van der Waals surface area contributed by atoms with Crippen molar-refractivity contribution in [3.63, 3.8) is 0 Å². The normalized spacial score (nSPS) is 23.0. The van der Waals surface area contributed by atoms with E-state index in [0.29, 0.717) is 45.8 Å². The van der Waals surface area contributed by atoms with Crippen LogP contribution in [-0.2, 0) is 14.3 Å². The maximum Gasteiger partial charge on any atom is 0.235 e. The third kappa shape index (κ3) is 3.71. The number of hydrogen-bond acceptors (Lipinski definition) is 5. The summed E-state index contributed by atoms with van der Waals surface area (Å²) in [6.45, 7) is 2.75. The third-order valence-corrected chi connectivity index (χ3v) is 4.79. The Morgan fingerprint density at radius 3 is 2.52 bits per heavy atom. The molecule has 3 N–H and O–H groups in total. The zero-order chi connectivity index (χ0) is 15.3. The first-order valence-corrected chi connectivity index (χ1v) is 7.90.